The number of ether oxygens (including phenoxy) is 1. The molecule has 1 N–H and O–H groups in total. The van der Waals surface area contributed by atoms with Gasteiger partial charge in [-0.15, -0.1) is 0 Å². The number of hydrogen-bond acceptors (Lipinski definition) is 3. The van der Waals surface area contributed by atoms with Crippen molar-refractivity contribution < 1.29 is 27.5 Å². The van der Waals surface area contributed by atoms with Crippen LogP contribution in [0.3, 0.4) is 0 Å². The van der Waals surface area contributed by atoms with Crippen molar-refractivity contribution in [2.24, 2.45) is 0 Å². The number of morpholine rings is 1. The van der Waals surface area contributed by atoms with Crippen molar-refractivity contribution in [3.8, 4) is 0 Å². The molecule has 0 aliphatic carbocycles. The van der Waals surface area contributed by atoms with Gasteiger partial charge < -0.3 is 15.0 Å². The number of halogens is 3. The molecule has 1 heterocycles. The van der Waals surface area contributed by atoms with E-state index in [9.17, 15) is 22.8 Å². The number of benzene rings is 1. The third-order valence-corrected chi connectivity index (χ3v) is 3.78. The highest BCUT2D eigenvalue weighted by Crippen LogP contribution is 2.31. The molecule has 0 aromatic heterocycles. The van der Waals surface area contributed by atoms with Gasteiger partial charge in [0.25, 0.3) is 0 Å². The van der Waals surface area contributed by atoms with Crippen molar-refractivity contribution in [2.75, 3.05) is 19.7 Å². The van der Waals surface area contributed by atoms with Crippen molar-refractivity contribution in [3.63, 3.8) is 0 Å². The molecule has 1 aromatic rings. The molecule has 24 heavy (non-hydrogen) atoms. The second-order valence-electron chi connectivity index (χ2n) is 5.69. The van der Waals surface area contributed by atoms with E-state index in [1.54, 1.807) is 11.8 Å². The molecule has 2 atom stereocenters. The number of nitrogens with zero attached hydrogens (tertiary/aromatic N) is 1. The molecular weight excluding hydrogens is 325 g/mol. The number of hydrogen-bond donors (Lipinski definition) is 1. The van der Waals surface area contributed by atoms with Crippen molar-refractivity contribution in [1.29, 1.82) is 0 Å². The highest BCUT2D eigenvalue weighted by atomic mass is 19.4. The van der Waals surface area contributed by atoms with Crippen LogP contribution in [0.2, 0.25) is 0 Å². The summed E-state index contributed by atoms with van der Waals surface area (Å²) >= 11 is 0. The van der Waals surface area contributed by atoms with E-state index in [0.717, 1.165) is 12.1 Å². The molecule has 132 valence electrons. The summed E-state index contributed by atoms with van der Waals surface area (Å²) in [6.45, 7) is 3.80. The zero-order chi connectivity index (χ0) is 17.9. The number of carbonyl (C=O) groups is 2. The first-order chi connectivity index (χ1) is 11.2. The average molecular weight is 344 g/mol. The number of amides is 2. The van der Waals surface area contributed by atoms with Gasteiger partial charge in [-0.1, -0.05) is 12.1 Å². The van der Waals surface area contributed by atoms with Gasteiger partial charge in [0, 0.05) is 13.5 Å². The fourth-order valence-corrected chi connectivity index (χ4v) is 2.58. The van der Waals surface area contributed by atoms with Gasteiger partial charge in [0.15, 0.2) is 0 Å². The lowest BCUT2D eigenvalue weighted by atomic mass is 10.0. The quantitative estimate of drug-likeness (QED) is 0.914. The van der Waals surface area contributed by atoms with Crippen LogP contribution >= 0.6 is 0 Å². The van der Waals surface area contributed by atoms with Crippen LogP contribution < -0.4 is 5.32 Å². The summed E-state index contributed by atoms with van der Waals surface area (Å²) in [4.78, 5) is 24.9. The number of alkyl halides is 3. The maximum absolute atomic E-state index is 12.6. The van der Waals surface area contributed by atoms with E-state index in [1.807, 2.05) is 0 Å². The van der Waals surface area contributed by atoms with Crippen LogP contribution in [0, 0.1) is 0 Å². The topological polar surface area (TPSA) is 58.6 Å². The SMILES string of the molecule is CC(=O)N[C@@H](C)C(=O)N1CCO[C@@H](c2ccc(C(F)(F)F)cc2)C1. The average Bonchev–Trinajstić information content (AvgIpc) is 2.53. The molecule has 2 rings (SSSR count). The Bertz CT molecular complexity index is 602. The largest absolute Gasteiger partial charge is 0.416 e. The Morgan fingerprint density at radius 1 is 1.29 bits per heavy atom. The maximum Gasteiger partial charge on any atom is 0.416 e. The monoisotopic (exact) mass is 344 g/mol. The molecule has 1 aliphatic heterocycles. The second kappa shape index (κ2) is 7.21. The van der Waals surface area contributed by atoms with E-state index < -0.39 is 23.9 Å². The second-order valence-corrected chi connectivity index (χ2v) is 5.69. The van der Waals surface area contributed by atoms with Crippen molar-refractivity contribution in [2.45, 2.75) is 32.2 Å². The van der Waals surface area contributed by atoms with Gasteiger partial charge in [0.2, 0.25) is 11.8 Å². The molecule has 5 nitrogen and oxygen atoms in total. The molecule has 1 fully saturated rings. The lowest BCUT2D eigenvalue weighted by molar-refractivity contribution is -0.142. The fourth-order valence-electron chi connectivity index (χ4n) is 2.58. The first kappa shape index (κ1) is 18.3. The van der Waals surface area contributed by atoms with Crippen LogP contribution in [0.25, 0.3) is 0 Å². The summed E-state index contributed by atoms with van der Waals surface area (Å²) in [5.74, 6) is -0.547. The molecule has 0 bridgehead atoms. The fraction of sp³-hybridized carbons (Fsp3) is 0.500. The summed E-state index contributed by atoms with van der Waals surface area (Å²) in [7, 11) is 0. The zero-order valence-electron chi connectivity index (χ0n) is 13.4. The van der Waals surface area contributed by atoms with Crippen LogP contribution in [-0.4, -0.2) is 42.5 Å². The molecular formula is C16H19F3N2O3. The van der Waals surface area contributed by atoms with Gasteiger partial charge in [-0.3, -0.25) is 9.59 Å². The minimum absolute atomic E-state index is 0.230. The molecule has 0 unspecified atom stereocenters. The lowest BCUT2D eigenvalue weighted by Gasteiger charge is -2.34. The molecule has 1 aliphatic rings. The zero-order valence-corrected chi connectivity index (χ0v) is 13.4. The molecule has 2 amide bonds. The van der Waals surface area contributed by atoms with Crippen LogP contribution in [0.1, 0.15) is 31.1 Å². The summed E-state index contributed by atoms with van der Waals surface area (Å²) < 4.78 is 43.4. The van der Waals surface area contributed by atoms with Gasteiger partial charge in [-0.25, -0.2) is 0 Å². The Balaban J connectivity index is 2.05. The van der Waals surface area contributed by atoms with Crippen molar-refractivity contribution >= 4 is 11.8 Å². The van der Waals surface area contributed by atoms with Crippen LogP contribution in [0.5, 0.6) is 0 Å². The Hall–Kier alpha value is -2.09. The van der Waals surface area contributed by atoms with E-state index >= 15 is 0 Å². The minimum atomic E-state index is -4.39. The van der Waals surface area contributed by atoms with Crippen molar-refractivity contribution in [3.05, 3.63) is 35.4 Å². The van der Waals surface area contributed by atoms with Gasteiger partial charge in [-0.2, -0.15) is 13.2 Å². The van der Waals surface area contributed by atoms with Crippen LogP contribution in [0.4, 0.5) is 13.2 Å². The predicted octanol–water partition coefficient (Wildman–Crippen LogP) is 2.13. The smallest absolute Gasteiger partial charge is 0.370 e. The molecule has 1 aromatic carbocycles. The Morgan fingerprint density at radius 2 is 1.92 bits per heavy atom. The standard InChI is InChI=1S/C16H19F3N2O3/c1-10(20-11(2)22)15(23)21-7-8-24-14(9-21)12-3-5-13(6-4-12)16(17,18)19/h3-6,10,14H,7-9H2,1-2H3,(H,20,22)/t10-,14+/m0/s1. The summed E-state index contributed by atoms with van der Waals surface area (Å²) in [6, 6.07) is 4.06. The van der Waals surface area contributed by atoms with Gasteiger partial charge >= 0.3 is 6.18 Å². The molecule has 0 radical (unpaired) electrons. The Morgan fingerprint density at radius 3 is 2.46 bits per heavy atom. The highest BCUT2D eigenvalue weighted by molar-refractivity contribution is 5.86. The molecule has 0 saturated carbocycles. The Kier molecular flexibility index (Phi) is 5.48. The third-order valence-electron chi connectivity index (χ3n) is 3.78. The summed E-state index contributed by atoms with van der Waals surface area (Å²) in [5.41, 5.74) is -0.151. The predicted molar refractivity (Wildman–Crippen MR) is 80.0 cm³/mol. The molecule has 1 saturated heterocycles. The van der Waals surface area contributed by atoms with Gasteiger partial charge in [0.05, 0.1) is 18.7 Å². The van der Waals surface area contributed by atoms with E-state index in [4.69, 9.17) is 4.74 Å². The van der Waals surface area contributed by atoms with E-state index in [1.165, 1.54) is 19.1 Å². The number of carbonyl (C=O) groups excluding carboxylic acids is 2. The number of rotatable bonds is 3. The van der Waals surface area contributed by atoms with E-state index in [0.29, 0.717) is 12.1 Å². The summed E-state index contributed by atoms with van der Waals surface area (Å²) in [6.07, 6.45) is -4.88. The normalized spacial score (nSPS) is 19.7. The lowest BCUT2D eigenvalue weighted by Crippen LogP contribution is -2.50. The van der Waals surface area contributed by atoms with E-state index in [-0.39, 0.29) is 25.0 Å². The molecule has 8 heteroatoms. The van der Waals surface area contributed by atoms with Crippen LogP contribution in [-0.2, 0) is 20.5 Å². The van der Waals surface area contributed by atoms with E-state index in [2.05, 4.69) is 5.32 Å². The first-order valence-corrected chi connectivity index (χ1v) is 7.53. The minimum Gasteiger partial charge on any atom is -0.370 e. The highest BCUT2D eigenvalue weighted by Gasteiger charge is 2.32. The first-order valence-electron chi connectivity index (χ1n) is 7.53. The van der Waals surface area contributed by atoms with Crippen molar-refractivity contribution in [1.82, 2.24) is 10.2 Å². The van der Waals surface area contributed by atoms with Gasteiger partial charge in [0.1, 0.15) is 12.1 Å². The third kappa shape index (κ3) is 4.47. The maximum atomic E-state index is 12.6. The molecule has 0 spiro atoms. The Labute approximate surface area is 137 Å². The summed E-state index contributed by atoms with van der Waals surface area (Å²) in [5, 5.41) is 2.52. The number of nitrogens with one attached hydrogen (secondary N) is 1. The van der Waals surface area contributed by atoms with Crippen LogP contribution in [0.15, 0.2) is 24.3 Å². The van der Waals surface area contributed by atoms with Gasteiger partial charge in [-0.05, 0) is 24.6 Å².